The molecule has 0 spiro atoms. The van der Waals surface area contributed by atoms with Gasteiger partial charge in [0.25, 0.3) is 0 Å². The van der Waals surface area contributed by atoms with Gasteiger partial charge in [-0.2, -0.15) is 0 Å². The second kappa shape index (κ2) is 12.2. The number of amides is 1. The summed E-state index contributed by atoms with van der Waals surface area (Å²) in [4.78, 5) is 21.2. The molecule has 0 aliphatic heterocycles. The summed E-state index contributed by atoms with van der Waals surface area (Å²) in [5.74, 6) is 0.0791. The minimum Gasteiger partial charge on any atom is -0.356 e. The fourth-order valence-electron chi connectivity index (χ4n) is 1.60. The zero-order chi connectivity index (χ0) is 12.1. The lowest BCUT2D eigenvalue weighted by Gasteiger charge is -2.03. The van der Waals surface area contributed by atoms with E-state index in [1.54, 1.807) is 0 Å². The first-order valence-electron chi connectivity index (χ1n) is 6.51. The first-order valence-corrected chi connectivity index (χ1v) is 6.51. The van der Waals surface area contributed by atoms with Gasteiger partial charge < -0.3 is 10.1 Å². The van der Waals surface area contributed by atoms with Crippen molar-refractivity contribution in [2.24, 2.45) is 0 Å². The van der Waals surface area contributed by atoms with Crippen LogP contribution in [0.5, 0.6) is 0 Å². The van der Waals surface area contributed by atoms with Crippen LogP contribution in [-0.2, 0) is 9.59 Å². The molecule has 94 valence electrons. The quantitative estimate of drug-likeness (QED) is 0.436. The Balaban J connectivity index is 3.12. The smallest absolute Gasteiger partial charge is 0.220 e. The van der Waals surface area contributed by atoms with E-state index in [2.05, 4.69) is 12.2 Å². The Kier molecular flexibility index (Phi) is 11.6. The second-order valence-electron chi connectivity index (χ2n) is 4.18. The Morgan fingerprint density at radius 1 is 1.06 bits per heavy atom. The van der Waals surface area contributed by atoms with Crippen LogP contribution in [0.2, 0.25) is 0 Å². The third kappa shape index (κ3) is 11.2. The van der Waals surface area contributed by atoms with E-state index in [1.807, 2.05) is 0 Å². The van der Waals surface area contributed by atoms with E-state index in [0.29, 0.717) is 19.4 Å². The molecule has 1 amide bonds. The predicted octanol–water partition coefficient (Wildman–Crippen LogP) is 2.83. The van der Waals surface area contributed by atoms with Gasteiger partial charge in [-0.05, 0) is 6.42 Å². The van der Waals surface area contributed by atoms with Gasteiger partial charge in [0.2, 0.25) is 5.91 Å². The number of nitrogens with one attached hydrogen (secondary N) is 1. The standard InChI is InChI=1S/C13H25NO2/c1-2-3-4-5-6-7-8-10-13(16)14-11-9-12-15/h12H,2-11H2,1H3,(H,14,16). The maximum absolute atomic E-state index is 11.2. The number of carbonyl (C=O) groups excluding carboxylic acids is 2. The average Bonchev–Trinajstić information content (AvgIpc) is 2.28. The molecule has 0 saturated carbocycles. The Morgan fingerprint density at radius 2 is 1.69 bits per heavy atom. The van der Waals surface area contributed by atoms with Crippen LogP contribution in [0, 0.1) is 0 Å². The Labute approximate surface area is 99.0 Å². The van der Waals surface area contributed by atoms with Gasteiger partial charge in [-0.3, -0.25) is 4.79 Å². The van der Waals surface area contributed by atoms with Gasteiger partial charge in [0.05, 0.1) is 0 Å². The summed E-state index contributed by atoms with van der Waals surface area (Å²) in [6, 6.07) is 0. The number of aldehydes is 1. The van der Waals surface area contributed by atoms with Crippen LogP contribution in [0.15, 0.2) is 0 Å². The number of rotatable bonds is 11. The van der Waals surface area contributed by atoms with Gasteiger partial charge in [-0.25, -0.2) is 0 Å². The van der Waals surface area contributed by atoms with Crippen molar-refractivity contribution in [2.45, 2.75) is 64.7 Å². The summed E-state index contributed by atoms with van der Waals surface area (Å²) in [7, 11) is 0. The third-order valence-electron chi connectivity index (χ3n) is 2.59. The molecule has 0 atom stereocenters. The van der Waals surface area contributed by atoms with Crippen LogP contribution in [0.25, 0.3) is 0 Å². The lowest BCUT2D eigenvalue weighted by Crippen LogP contribution is -2.24. The molecular formula is C13H25NO2. The van der Waals surface area contributed by atoms with Crippen LogP contribution in [0.3, 0.4) is 0 Å². The molecule has 0 radical (unpaired) electrons. The summed E-state index contributed by atoms with van der Waals surface area (Å²) >= 11 is 0. The molecule has 0 aromatic heterocycles. The maximum Gasteiger partial charge on any atom is 0.220 e. The van der Waals surface area contributed by atoms with Crippen molar-refractivity contribution in [1.82, 2.24) is 5.32 Å². The van der Waals surface area contributed by atoms with E-state index in [9.17, 15) is 9.59 Å². The lowest BCUT2D eigenvalue weighted by molar-refractivity contribution is -0.121. The second-order valence-corrected chi connectivity index (χ2v) is 4.18. The lowest BCUT2D eigenvalue weighted by atomic mass is 10.1. The van der Waals surface area contributed by atoms with Gasteiger partial charge in [-0.1, -0.05) is 45.4 Å². The van der Waals surface area contributed by atoms with Crippen LogP contribution in [0.1, 0.15) is 64.7 Å². The van der Waals surface area contributed by atoms with Crippen molar-refractivity contribution in [3.63, 3.8) is 0 Å². The van der Waals surface area contributed by atoms with Gasteiger partial charge in [0, 0.05) is 19.4 Å². The Hall–Kier alpha value is -0.860. The highest BCUT2D eigenvalue weighted by Gasteiger charge is 1.99. The average molecular weight is 227 g/mol. The van der Waals surface area contributed by atoms with E-state index in [1.165, 1.54) is 32.1 Å². The van der Waals surface area contributed by atoms with E-state index in [-0.39, 0.29) is 5.91 Å². The zero-order valence-corrected chi connectivity index (χ0v) is 10.5. The van der Waals surface area contributed by atoms with Gasteiger partial charge in [0.1, 0.15) is 6.29 Å². The maximum atomic E-state index is 11.2. The van der Waals surface area contributed by atoms with E-state index >= 15 is 0 Å². The summed E-state index contributed by atoms with van der Waals surface area (Å²) in [6.45, 7) is 2.70. The molecule has 0 rings (SSSR count). The summed E-state index contributed by atoms with van der Waals surface area (Å²) < 4.78 is 0. The first kappa shape index (κ1) is 15.1. The molecule has 1 N–H and O–H groups in total. The SMILES string of the molecule is CCCCCCCCCC(=O)NCCC=O. The molecule has 0 bridgehead atoms. The van der Waals surface area contributed by atoms with Gasteiger partial charge >= 0.3 is 0 Å². The van der Waals surface area contributed by atoms with Crippen molar-refractivity contribution in [3.8, 4) is 0 Å². The van der Waals surface area contributed by atoms with E-state index in [4.69, 9.17) is 0 Å². The fourth-order valence-corrected chi connectivity index (χ4v) is 1.60. The number of hydrogen-bond donors (Lipinski definition) is 1. The number of unbranched alkanes of at least 4 members (excludes halogenated alkanes) is 6. The molecule has 0 fully saturated rings. The van der Waals surface area contributed by atoms with Crippen LogP contribution in [-0.4, -0.2) is 18.7 Å². The molecule has 0 saturated heterocycles. The summed E-state index contributed by atoms with van der Waals surface area (Å²) in [6.07, 6.45) is 10.4. The normalized spacial score (nSPS) is 10.1. The van der Waals surface area contributed by atoms with Crippen molar-refractivity contribution in [1.29, 1.82) is 0 Å². The first-order chi connectivity index (χ1) is 7.81. The molecule has 0 aromatic carbocycles. The van der Waals surface area contributed by atoms with Crippen LogP contribution < -0.4 is 5.32 Å². The molecule has 0 aromatic rings. The van der Waals surface area contributed by atoms with Crippen molar-refractivity contribution >= 4 is 12.2 Å². The molecule has 0 heterocycles. The van der Waals surface area contributed by atoms with Crippen LogP contribution in [0.4, 0.5) is 0 Å². The van der Waals surface area contributed by atoms with Crippen molar-refractivity contribution in [2.75, 3.05) is 6.54 Å². The zero-order valence-electron chi connectivity index (χ0n) is 10.5. The highest BCUT2D eigenvalue weighted by molar-refractivity contribution is 5.76. The highest BCUT2D eigenvalue weighted by Crippen LogP contribution is 2.08. The minimum absolute atomic E-state index is 0.0791. The van der Waals surface area contributed by atoms with Crippen molar-refractivity contribution in [3.05, 3.63) is 0 Å². The highest BCUT2D eigenvalue weighted by atomic mass is 16.1. The third-order valence-corrected chi connectivity index (χ3v) is 2.59. The molecule has 0 aliphatic carbocycles. The molecule has 3 heteroatoms. The van der Waals surface area contributed by atoms with Gasteiger partial charge in [-0.15, -0.1) is 0 Å². The summed E-state index contributed by atoms with van der Waals surface area (Å²) in [5.41, 5.74) is 0. The fraction of sp³-hybridized carbons (Fsp3) is 0.846. The molecule has 0 unspecified atom stereocenters. The number of carbonyl (C=O) groups is 2. The topological polar surface area (TPSA) is 46.2 Å². The monoisotopic (exact) mass is 227 g/mol. The van der Waals surface area contributed by atoms with Gasteiger partial charge in [0.15, 0.2) is 0 Å². The largest absolute Gasteiger partial charge is 0.356 e. The summed E-state index contributed by atoms with van der Waals surface area (Å²) in [5, 5.41) is 2.72. The van der Waals surface area contributed by atoms with Crippen molar-refractivity contribution < 1.29 is 9.59 Å². The van der Waals surface area contributed by atoms with E-state index in [0.717, 1.165) is 19.1 Å². The molecule has 0 aliphatic rings. The van der Waals surface area contributed by atoms with Crippen LogP contribution >= 0.6 is 0 Å². The molecule has 16 heavy (non-hydrogen) atoms. The number of hydrogen-bond acceptors (Lipinski definition) is 2. The molecule has 3 nitrogen and oxygen atoms in total. The predicted molar refractivity (Wildman–Crippen MR) is 66.3 cm³/mol. The minimum atomic E-state index is 0.0791. The molecular weight excluding hydrogens is 202 g/mol. The Morgan fingerprint density at radius 3 is 2.31 bits per heavy atom. The Bertz CT molecular complexity index is 181. The van der Waals surface area contributed by atoms with E-state index < -0.39 is 0 Å².